The van der Waals surface area contributed by atoms with Gasteiger partial charge in [0.2, 0.25) is 0 Å². The van der Waals surface area contributed by atoms with E-state index in [1.165, 1.54) is 24.3 Å². The van der Waals surface area contributed by atoms with Crippen molar-refractivity contribution in [2.45, 2.75) is 20.1 Å². The number of hydrogen-bond acceptors (Lipinski definition) is 6. The Morgan fingerprint density at radius 1 is 1.08 bits per heavy atom. The molecule has 0 saturated heterocycles. The van der Waals surface area contributed by atoms with Crippen LogP contribution in [-0.2, 0) is 13.2 Å². The molecule has 7 nitrogen and oxygen atoms in total. The molecule has 0 amide bonds. The Morgan fingerprint density at radius 2 is 1.86 bits per heavy atom. The zero-order chi connectivity index (χ0) is 25.8. The van der Waals surface area contributed by atoms with Gasteiger partial charge in [-0.3, -0.25) is 4.79 Å². The zero-order valence-corrected chi connectivity index (χ0v) is 19.9. The van der Waals surface area contributed by atoms with Gasteiger partial charge >= 0.3 is 5.63 Å². The van der Waals surface area contributed by atoms with Crippen LogP contribution in [0.5, 0.6) is 5.75 Å². The third-order valence-electron chi connectivity index (χ3n) is 5.87. The van der Waals surface area contributed by atoms with Gasteiger partial charge in [-0.25, -0.2) is 13.9 Å². The minimum Gasteiger partial charge on any atom is -0.486 e. The number of benzene rings is 3. The van der Waals surface area contributed by atoms with Gasteiger partial charge in [-0.05, 0) is 54.0 Å². The summed E-state index contributed by atoms with van der Waals surface area (Å²) in [7, 11) is 0. The molecule has 0 aliphatic carbocycles. The van der Waals surface area contributed by atoms with E-state index in [0.29, 0.717) is 28.8 Å². The van der Waals surface area contributed by atoms with E-state index in [1.54, 1.807) is 48.1 Å². The zero-order valence-electron chi connectivity index (χ0n) is 19.9. The highest BCUT2D eigenvalue weighted by molar-refractivity contribution is 6.15. The Morgan fingerprint density at radius 3 is 2.65 bits per heavy atom. The van der Waals surface area contributed by atoms with Gasteiger partial charge in [0, 0.05) is 11.5 Å². The fraction of sp³-hybridized carbons (Fsp3) is 0.103. The van der Waals surface area contributed by atoms with Crippen LogP contribution in [0.15, 0.2) is 94.3 Å². The summed E-state index contributed by atoms with van der Waals surface area (Å²) in [5.41, 5.74) is 2.79. The van der Waals surface area contributed by atoms with Crippen molar-refractivity contribution < 1.29 is 18.3 Å². The molecule has 5 aromatic rings. The molecule has 2 heterocycles. The van der Waals surface area contributed by atoms with Crippen molar-refractivity contribution >= 4 is 22.8 Å². The van der Waals surface area contributed by atoms with Crippen molar-refractivity contribution in [1.82, 2.24) is 15.0 Å². The number of carbonyl (C=O) groups excluding carboxylic acids is 1. The number of nitrogens with zero attached hydrogens (tertiary/aromatic N) is 3. The minimum absolute atomic E-state index is 0.0867. The summed E-state index contributed by atoms with van der Waals surface area (Å²) in [6, 6.07) is 20.4. The number of ketones is 1. The number of aromatic nitrogens is 3. The molecule has 184 valence electrons. The molecule has 37 heavy (non-hydrogen) atoms. The number of rotatable bonds is 8. The maximum Gasteiger partial charge on any atom is 0.336 e. The second kappa shape index (κ2) is 10.4. The van der Waals surface area contributed by atoms with Crippen molar-refractivity contribution in [1.29, 1.82) is 0 Å². The number of fused-ring (bicyclic) bond motifs is 1. The lowest BCUT2D eigenvalue weighted by Crippen LogP contribution is -2.11. The van der Waals surface area contributed by atoms with Gasteiger partial charge in [0.1, 0.15) is 23.7 Å². The molecule has 3 aromatic carbocycles. The fourth-order valence-corrected chi connectivity index (χ4v) is 3.98. The Kier molecular flexibility index (Phi) is 6.72. The van der Waals surface area contributed by atoms with E-state index in [1.807, 2.05) is 30.3 Å². The molecule has 0 aliphatic rings. The molecule has 8 heteroatoms. The van der Waals surface area contributed by atoms with E-state index in [-0.39, 0.29) is 29.3 Å². The summed E-state index contributed by atoms with van der Waals surface area (Å²) in [4.78, 5) is 25.6. The van der Waals surface area contributed by atoms with Gasteiger partial charge in [-0.2, -0.15) is 0 Å². The highest BCUT2D eigenvalue weighted by Crippen LogP contribution is 2.30. The lowest BCUT2D eigenvalue weighted by Gasteiger charge is -2.13. The molecule has 0 spiro atoms. The average molecular weight is 496 g/mol. The van der Waals surface area contributed by atoms with Crippen LogP contribution in [0.4, 0.5) is 4.39 Å². The Bertz CT molecular complexity index is 1650. The monoisotopic (exact) mass is 495 g/mol. The van der Waals surface area contributed by atoms with Gasteiger partial charge in [-0.15, -0.1) is 5.10 Å². The largest absolute Gasteiger partial charge is 0.486 e. The number of halogens is 1. The average Bonchev–Trinajstić information content (AvgIpc) is 3.33. The molecule has 0 unspecified atom stereocenters. The van der Waals surface area contributed by atoms with Gasteiger partial charge in [0.25, 0.3) is 0 Å². The van der Waals surface area contributed by atoms with E-state index in [9.17, 15) is 14.0 Å². The smallest absolute Gasteiger partial charge is 0.336 e. The number of ether oxygens (including phenoxy) is 1. The Hall–Kier alpha value is -4.85. The third kappa shape index (κ3) is 5.38. The van der Waals surface area contributed by atoms with Crippen LogP contribution in [0.2, 0.25) is 0 Å². The molecule has 0 radical (unpaired) electrons. The van der Waals surface area contributed by atoms with E-state index >= 15 is 0 Å². The number of allylic oxidation sites excluding steroid dienone is 1. The van der Waals surface area contributed by atoms with Gasteiger partial charge in [0.15, 0.2) is 11.4 Å². The van der Waals surface area contributed by atoms with Crippen LogP contribution in [0.3, 0.4) is 0 Å². The first kappa shape index (κ1) is 23.9. The summed E-state index contributed by atoms with van der Waals surface area (Å²) >= 11 is 0. The molecule has 0 aliphatic heterocycles. The number of hydrogen-bond donors (Lipinski definition) is 0. The van der Waals surface area contributed by atoms with Crippen LogP contribution in [0, 0.1) is 12.7 Å². The summed E-state index contributed by atoms with van der Waals surface area (Å²) < 4.78 is 26.5. The topological polar surface area (TPSA) is 87.2 Å². The van der Waals surface area contributed by atoms with Gasteiger partial charge in [-0.1, -0.05) is 53.8 Å². The highest BCUT2D eigenvalue weighted by Gasteiger charge is 2.19. The summed E-state index contributed by atoms with van der Waals surface area (Å²) in [6.07, 6.45) is 4.51. The first-order chi connectivity index (χ1) is 18.0. The van der Waals surface area contributed by atoms with Crippen molar-refractivity contribution in [2.75, 3.05) is 0 Å². The van der Waals surface area contributed by atoms with Crippen molar-refractivity contribution in [2.24, 2.45) is 0 Å². The normalized spacial score (nSPS) is 11.3. The lowest BCUT2D eigenvalue weighted by molar-refractivity contribution is 0.104. The highest BCUT2D eigenvalue weighted by atomic mass is 19.1. The minimum atomic E-state index is -0.566. The maximum absolute atomic E-state index is 13.4. The summed E-state index contributed by atoms with van der Waals surface area (Å²) in [5.74, 6) is -0.538. The first-order valence-electron chi connectivity index (χ1n) is 11.6. The molecular formula is C29H22FN3O4. The predicted molar refractivity (Wildman–Crippen MR) is 137 cm³/mol. The number of aryl methyl sites for hydroxylation is 1. The molecule has 0 fully saturated rings. The van der Waals surface area contributed by atoms with E-state index in [4.69, 9.17) is 9.15 Å². The third-order valence-corrected chi connectivity index (χ3v) is 5.87. The van der Waals surface area contributed by atoms with Gasteiger partial charge < -0.3 is 9.15 Å². The Labute approximate surface area is 211 Å². The molecule has 2 aromatic heterocycles. The molecule has 0 N–H and O–H groups in total. The lowest BCUT2D eigenvalue weighted by atomic mass is 10.0. The molecule has 0 bridgehead atoms. The van der Waals surface area contributed by atoms with Crippen molar-refractivity contribution in [3.63, 3.8) is 0 Å². The maximum atomic E-state index is 13.4. The van der Waals surface area contributed by atoms with Gasteiger partial charge in [0.05, 0.1) is 18.4 Å². The molecule has 5 rings (SSSR count). The second-order valence-electron chi connectivity index (χ2n) is 8.47. The summed E-state index contributed by atoms with van der Waals surface area (Å²) in [6.45, 7) is 2.37. The predicted octanol–water partition coefficient (Wildman–Crippen LogP) is 5.36. The second-order valence-corrected chi connectivity index (χ2v) is 8.47. The summed E-state index contributed by atoms with van der Waals surface area (Å²) in [5, 5.41) is 8.77. The van der Waals surface area contributed by atoms with Crippen LogP contribution in [0.25, 0.3) is 17.0 Å². The SMILES string of the molecule is Cc1cc(=O)oc2c(C(=O)/C=C/c3ccc(F)cc3)c(OCc3cnnn3Cc3ccccc3)ccc12. The molecule has 0 atom stereocenters. The fourth-order valence-electron chi connectivity index (χ4n) is 3.98. The van der Waals surface area contributed by atoms with E-state index in [2.05, 4.69) is 10.3 Å². The first-order valence-corrected chi connectivity index (χ1v) is 11.6. The van der Waals surface area contributed by atoms with Crippen molar-refractivity contribution in [3.05, 3.63) is 129 Å². The van der Waals surface area contributed by atoms with Crippen LogP contribution in [0.1, 0.15) is 32.7 Å². The van der Waals surface area contributed by atoms with E-state index < -0.39 is 11.4 Å². The standard InChI is InChI=1S/C29H22FN3O4/c1-19-15-27(35)37-29-24(19)12-14-26(28(29)25(34)13-9-20-7-10-22(30)11-8-20)36-18-23-16-31-32-33(23)17-21-5-3-2-4-6-21/h2-16H,17-18H2,1H3/b13-9+. The molecule has 0 saturated carbocycles. The molecular weight excluding hydrogens is 473 g/mol. The number of carbonyl (C=O) groups is 1. The van der Waals surface area contributed by atoms with Crippen molar-refractivity contribution in [3.8, 4) is 5.75 Å². The van der Waals surface area contributed by atoms with E-state index in [0.717, 1.165) is 5.56 Å². The van der Waals surface area contributed by atoms with Crippen LogP contribution in [-0.4, -0.2) is 20.8 Å². The van der Waals surface area contributed by atoms with Crippen LogP contribution >= 0.6 is 0 Å². The Balaban J connectivity index is 1.48. The quantitative estimate of drug-likeness (QED) is 0.164. The van der Waals surface area contributed by atoms with Crippen LogP contribution < -0.4 is 10.4 Å².